The number of allylic oxidation sites excluding steroid dienone is 2. The predicted octanol–water partition coefficient (Wildman–Crippen LogP) is 11.4. The van der Waals surface area contributed by atoms with Crippen LogP contribution in [-0.4, -0.2) is 12.8 Å². The standard InChI is InChI=1S/C46H49BN2S/c1-28(2)30(4)31-21-22-38-36(25-31)47-42-39(48(38)32-16-10-9-11-17-32)19-14-20-40(42)49(37-18-13-12-15-29(37)3)43-33-26-34-35(27-41(33)50-44(43)47)46(7,8)24-23-45(34,5)6/h9-22,25-28,30,39,42H,23-24H2,1-8H3. The highest BCUT2D eigenvalue weighted by Crippen LogP contribution is 2.55. The molecule has 0 N–H and O–H groups in total. The van der Waals surface area contributed by atoms with Crippen molar-refractivity contribution in [2.24, 2.45) is 5.92 Å². The summed E-state index contributed by atoms with van der Waals surface area (Å²) in [7, 11) is 0. The molecule has 3 heterocycles. The lowest BCUT2D eigenvalue weighted by atomic mass is 9.30. The van der Waals surface area contributed by atoms with Crippen LogP contribution < -0.4 is 20.0 Å². The van der Waals surface area contributed by atoms with Gasteiger partial charge in [-0.1, -0.05) is 109 Å². The monoisotopic (exact) mass is 672 g/mol. The summed E-state index contributed by atoms with van der Waals surface area (Å²) in [6.45, 7) is 19.5. The van der Waals surface area contributed by atoms with Gasteiger partial charge in [0.05, 0.1) is 11.7 Å². The van der Waals surface area contributed by atoms with Crippen LogP contribution in [0.5, 0.6) is 0 Å². The molecule has 2 aliphatic heterocycles. The van der Waals surface area contributed by atoms with Gasteiger partial charge >= 0.3 is 0 Å². The van der Waals surface area contributed by atoms with E-state index in [-0.39, 0.29) is 29.4 Å². The van der Waals surface area contributed by atoms with Gasteiger partial charge in [0.15, 0.2) is 0 Å². The van der Waals surface area contributed by atoms with Crippen molar-refractivity contribution in [3.8, 4) is 0 Å². The van der Waals surface area contributed by atoms with Gasteiger partial charge < -0.3 is 9.80 Å². The maximum Gasteiger partial charge on any atom is 0.239 e. The zero-order valence-corrected chi connectivity index (χ0v) is 31.7. The second-order valence-electron chi connectivity index (χ2n) is 17.1. The summed E-state index contributed by atoms with van der Waals surface area (Å²) in [5.74, 6) is 1.32. The number of hydrogen-bond acceptors (Lipinski definition) is 3. The Balaban J connectivity index is 1.39. The second-order valence-corrected chi connectivity index (χ2v) is 18.2. The molecule has 3 atom stereocenters. The van der Waals surface area contributed by atoms with Crippen molar-refractivity contribution in [2.75, 3.05) is 9.80 Å². The number of para-hydroxylation sites is 2. The minimum atomic E-state index is 0.145. The molecular weight excluding hydrogens is 623 g/mol. The third kappa shape index (κ3) is 4.60. The van der Waals surface area contributed by atoms with Crippen molar-refractivity contribution >= 4 is 61.1 Å². The van der Waals surface area contributed by atoms with Gasteiger partial charge in [0.2, 0.25) is 6.71 Å². The van der Waals surface area contributed by atoms with Crippen LogP contribution in [0.2, 0.25) is 5.82 Å². The van der Waals surface area contributed by atoms with E-state index in [1.165, 1.54) is 78.3 Å². The Hall–Kier alpha value is -4.02. The number of aryl methyl sites for hydroxylation is 1. The van der Waals surface area contributed by atoms with E-state index in [1.54, 1.807) is 5.56 Å². The number of nitrogens with zero attached hydrogens (tertiary/aromatic N) is 2. The van der Waals surface area contributed by atoms with E-state index in [1.807, 2.05) is 0 Å². The van der Waals surface area contributed by atoms with Gasteiger partial charge in [-0.15, -0.1) is 11.3 Å². The van der Waals surface area contributed by atoms with Crippen molar-refractivity contribution in [3.05, 3.63) is 131 Å². The van der Waals surface area contributed by atoms with E-state index in [2.05, 4.69) is 180 Å². The van der Waals surface area contributed by atoms with Crippen LogP contribution >= 0.6 is 11.3 Å². The van der Waals surface area contributed by atoms with Gasteiger partial charge in [-0.3, -0.25) is 0 Å². The number of benzene rings is 4. The molecule has 2 nitrogen and oxygen atoms in total. The van der Waals surface area contributed by atoms with E-state index >= 15 is 0 Å². The molecule has 50 heavy (non-hydrogen) atoms. The Morgan fingerprint density at radius 3 is 2.22 bits per heavy atom. The first-order chi connectivity index (χ1) is 24.0. The zero-order valence-electron chi connectivity index (χ0n) is 30.9. The molecule has 0 bridgehead atoms. The Bertz CT molecular complexity index is 2220. The highest BCUT2D eigenvalue weighted by atomic mass is 32.1. The summed E-state index contributed by atoms with van der Waals surface area (Å²) in [4.78, 5) is 5.32. The second kappa shape index (κ2) is 11.2. The average Bonchev–Trinajstić information content (AvgIpc) is 3.48. The molecule has 0 amide bonds. The summed E-state index contributed by atoms with van der Waals surface area (Å²) < 4.78 is 2.95. The van der Waals surface area contributed by atoms with Crippen LogP contribution in [0.1, 0.15) is 89.5 Å². The number of fused-ring (bicyclic) bond motifs is 7. The molecule has 252 valence electrons. The van der Waals surface area contributed by atoms with Crippen molar-refractivity contribution in [3.63, 3.8) is 0 Å². The Morgan fingerprint density at radius 2 is 1.50 bits per heavy atom. The summed E-state index contributed by atoms with van der Waals surface area (Å²) in [5, 5.41) is 1.42. The molecule has 2 aliphatic carbocycles. The normalized spacial score (nSPS) is 21.8. The molecule has 4 aromatic carbocycles. The van der Waals surface area contributed by atoms with Crippen LogP contribution in [0.15, 0.2) is 109 Å². The molecule has 0 spiro atoms. The largest absolute Gasteiger partial charge is 0.335 e. The molecule has 0 saturated carbocycles. The fourth-order valence-corrected chi connectivity index (χ4v) is 11.0. The molecular formula is C46H49BN2S. The lowest BCUT2D eigenvalue weighted by Crippen LogP contribution is -2.62. The maximum absolute atomic E-state index is 2.68. The fourth-order valence-electron chi connectivity index (χ4n) is 9.59. The van der Waals surface area contributed by atoms with Crippen molar-refractivity contribution in [2.45, 2.75) is 96.8 Å². The molecule has 4 heteroatoms. The molecule has 0 radical (unpaired) electrons. The molecule has 5 aromatic rings. The molecule has 0 fully saturated rings. The van der Waals surface area contributed by atoms with E-state index < -0.39 is 0 Å². The third-order valence-corrected chi connectivity index (χ3v) is 14.2. The van der Waals surface area contributed by atoms with Crippen LogP contribution in [0.4, 0.5) is 22.7 Å². The molecule has 9 rings (SSSR count). The first kappa shape index (κ1) is 31.9. The van der Waals surface area contributed by atoms with Gasteiger partial charge in [-0.2, -0.15) is 0 Å². The van der Waals surface area contributed by atoms with Crippen LogP contribution in [0.3, 0.4) is 0 Å². The van der Waals surface area contributed by atoms with E-state index in [0.717, 1.165) is 0 Å². The van der Waals surface area contributed by atoms with Gasteiger partial charge in [-0.05, 0) is 113 Å². The summed E-state index contributed by atoms with van der Waals surface area (Å²) in [5.41, 5.74) is 14.4. The van der Waals surface area contributed by atoms with Crippen LogP contribution in [0.25, 0.3) is 10.1 Å². The van der Waals surface area contributed by atoms with Gasteiger partial charge in [-0.25, -0.2) is 0 Å². The van der Waals surface area contributed by atoms with Crippen molar-refractivity contribution < 1.29 is 0 Å². The number of thiophene rings is 1. The van der Waals surface area contributed by atoms with Crippen LogP contribution in [0, 0.1) is 12.8 Å². The summed E-state index contributed by atoms with van der Waals surface area (Å²) in [6.07, 6.45) is 9.69. The summed E-state index contributed by atoms with van der Waals surface area (Å²) >= 11 is 2.07. The molecule has 4 aliphatic rings. The van der Waals surface area contributed by atoms with Crippen molar-refractivity contribution in [1.29, 1.82) is 0 Å². The smallest absolute Gasteiger partial charge is 0.239 e. The molecule has 0 saturated heterocycles. The van der Waals surface area contributed by atoms with E-state index in [0.29, 0.717) is 11.8 Å². The minimum Gasteiger partial charge on any atom is -0.335 e. The number of rotatable bonds is 4. The average molecular weight is 673 g/mol. The number of hydrogen-bond donors (Lipinski definition) is 0. The lowest BCUT2D eigenvalue weighted by Gasteiger charge is -2.52. The highest BCUT2D eigenvalue weighted by Gasteiger charge is 2.53. The van der Waals surface area contributed by atoms with Gasteiger partial charge in [0.1, 0.15) is 0 Å². The Morgan fingerprint density at radius 1 is 0.800 bits per heavy atom. The van der Waals surface area contributed by atoms with E-state index in [9.17, 15) is 0 Å². The maximum atomic E-state index is 2.68. The van der Waals surface area contributed by atoms with Gasteiger partial charge in [0, 0.05) is 43.4 Å². The Labute approximate surface area is 303 Å². The fraction of sp³-hybridized carbons (Fsp3) is 0.348. The first-order valence-electron chi connectivity index (χ1n) is 18.8. The quantitative estimate of drug-likeness (QED) is 0.175. The topological polar surface area (TPSA) is 6.48 Å². The highest BCUT2D eigenvalue weighted by molar-refractivity contribution is 7.32. The zero-order chi connectivity index (χ0) is 34.7. The molecule has 1 aromatic heterocycles. The van der Waals surface area contributed by atoms with Crippen molar-refractivity contribution in [1.82, 2.24) is 0 Å². The van der Waals surface area contributed by atoms with Gasteiger partial charge in [0.25, 0.3) is 0 Å². The number of anilines is 4. The summed E-state index contributed by atoms with van der Waals surface area (Å²) in [6, 6.07) is 33.0. The van der Waals surface area contributed by atoms with Crippen LogP contribution in [-0.2, 0) is 10.8 Å². The predicted molar refractivity (Wildman–Crippen MR) is 218 cm³/mol. The molecule has 3 unspecified atom stereocenters. The third-order valence-electron chi connectivity index (χ3n) is 12.9. The first-order valence-corrected chi connectivity index (χ1v) is 19.6. The minimum absolute atomic E-state index is 0.145. The SMILES string of the molecule is Cc1ccccc1N1C2=CC=CC3C2B(c2cc(C(C)C(C)C)ccc2N3c2ccccc2)c2sc3cc4c(cc3c21)C(C)(C)CCC4(C)C. The lowest BCUT2D eigenvalue weighted by molar-refractivity contribution is 0.332. The Kier molecular flexibility index (Phi) is 7.18. The van der Waals surface area contributed by atoms with E-state index in [4.69, 9.17) is 0 Å².